The summed E-state index contributed by atoms with van der Waals surface area (Å²) in [6.07, 6.45) is 11.7. The third-order valence-corrected chi connectivity index (χ3v) is 4.62. The fraction of sp³-hybridized carbons (Fsp3) is 0.933. The first kappa shape index (κ1) is 15.0. The zero-order chi connectivity index (χ0) is 13.3. The largest absolute Gasteiger partial charge is 0.381 e. The van der Waals surface area contributed by atoms with Crippen LogP contribution < -0.4 is 10.6 Å². The average Bonchev–Trinajstić information content (AvgIpc) is 2.46. The zero-order valence-corrected chi connectivity index (χ0v) is 12.8. The molecule has 1 heterocycles. The first-order chi connectivity index (χ1) is 9.34. The third kappa shape index (κ3) is 6.09. The van der Waals surface area contributed by atoms with Crippen LogP contribution in [0.15, 0.2) is 0 Å². The van der Waals surface area contributed by atoms with E-state index in [2.05, 4.69) is 10.6 Å². The molecule has 1 saturated heterocycles. The number of nitrogens with one attached hydrogen (secondary N) is 2. The van der Waals surface area contributed by atoms with Gasteiger partial charge in [0.05, 0.1) is 0 Å². The van der Waals surface area contributed by atoms with Crippen LogP contribution >= 0.6 is 12.2 Å². The van der Waals surface area contributed by atoms with Crippen molar-refractivity contribution in [3.8, 4) is 0 Å². The minimum atomic E-state index is 0.615. The van der Waals surface area contributed by atoms with Crippen molar-refractivity contribution in [3.63, 3.8) is 0 Å². The van der Waals surface area contributed by atoms with E-state index in [1.165, 1.54) is 57.8 Å². The molecule has 0 spiro atoms. The van der Waals surface area contributed by atoms with E-state index in [9.17, 15) is 0 Å². The molecule has 110 valence electrons. The summed E-state index contributed by atoms with van der Waals surface area (Å²) in [5.74, 6) is 0.871. The molecular formula is C15H28N2OS. The second-order valence-electron chi connectivity index (χ2n) is 5.93. The minimum Gasteiger partial charge on any atom is -0.381 e. The Morgan fingerprint density at radius 3 is 2.53 bits per heavy atom. The van der Waals surface area contributed by atoms with Gasteiger partial charge in [-0.3, -0.25) is 0 Å². The van der Waals surface area contributed by atoms with E-state index in [4.69, 9.17) is 17.0 Å². The first-order valence-corrected chi connectivity index (χ1v) is 8.37. The van der Waals surface area contributed by atoms with Gasteiger partial charge in [0.1, 0.15) is 0 Å². The van der Waals surface area contributed by atoms with Crippen LogP contribution in [-0.2, 0) is 4.74 Å². The van der Waals surface area contributed by atoms with Gasteiger partial charge in [-0.05, 0) is 56.7 Å². The fourth-order valence-electron chi connectivity index (χ4n) is 3.11. The number of hydrogen-bond acceptors (Lipinski definition) is 2. The molecule has 0 bridgehead atoms. The van der Waals surface area contributed by atoms with Crippen LogP contribution in [0, 0.1) is 5.92 Å². The Kier molecular flexibility index (Phi) is 6.93. The quantitative estimate of drug-likeness (QED) is 0.601. The van der Waals surface area contributed by atoms with E-state index in [0.717, 1.165) is 30.8 Å². The highest BCUT2D eigenvalue weighted by Crippen LogP contribution is 2.19. The van der Waals surface area contributed by atoms with Crippen LogP contribution in [0.4, 0.5) is 0 Å². The lowest BCUT2D eigenvalue weighted by Gasteiger charge is -2.25. The molecule has 0 amide bonds. The van der Waals surface area contributed by atoms with Gasteiger partial charge in [0.25, 0.3) is 0 Å². The van der Waals surface area contributed by atoms with Crippen molar-refractivity contribution in [2.45, 2.75) is 63.8 Å². The van der Waals surface area contributed by atoms with E-state index in [1.807, 2.05) is 0 Å². The summed E-state index contributed by atoms with van der Waals surface area (Å²) in [4.78, 5) is 0. The molecule has 2 N–H and O–H groups in total. The van der Waals surface area contributed by atoms with Crippen LogP contribution in [-0.4, -0.2) is 30.9 Å². The normalized spacial score (nSPS) is 22.1. The maximum Gasteiger partial charge on any atom is 0.166 e. The summed E-state index contributed by atoms with van der Waals surface area (Å²) in [5.41, 5.74) is 0. The maximum atomic E-state index is 5.38. The molecule has 2 fully saturated rings. The Morgan fingerprint density at radius 2 is 1.79 bits per heavy atom. The molecule has 0 aromatic rings. The van der Waals surface area contributed by atoms with Crippen molar-refractivity contribution in [1.82, 2.24) is 10.6 Å². The van der Waals surface area contributed by atoms with Crippen LogP contribution in [0.1, 0.15) is 57.8 Å². The van der Waals surface area contributed by atoms with Gasteiger partial charge in [0.2, 0.25) is 0 Å². The van der Waals surface area contributed by atoms with Crippen molar-refractivity contribution >= 4 is 17.3 Å². The van der Waals surface area contributed by atoms with E-state index >= 15 is 0 Å². The molecule has 0 atom stereocenters. The molecule has 3 nitrogen and oxygen atoms in total. The van der Waals surface area contributed by atoms with E-state index in [0.29, 0.717) is 6.04 Å². The Labute approximate surface area is 122 Å². The summed E-state index contributed by atoms with van der Waals surface area (Å²) in [6, 6.07) is 0.615. The summed E-state index contributed by atoms with van der Waals surface area (Å²) in [5, 5.41) is 7.68. The standard InChI is InChI=1S/C15H28N2OS/c19-15(17-14-6-2-1-3-7-14)16-10-4-5-13-8-11-18-12-9-13/h13-14H,1-12H2,(H2,16,17,19). The first-order valence-electron chi connectivity index (χ1n) is 7.96. The highest BCUT2D eigenvalue weighted by molar-refractivity contribution is 7.80. The molecule has 1 saturated carbocycles. The second kappa shape index (κ2) is 8.75. The molecule has 19 heavy (non-hydrogen) atoms. The fourth-order valence-corrected chi connectivity index (χ4v) is 3.38. The lowest BCUT2D eigenvalue weighted by molar-refractivity contribution is 0.0634. The van der Waals surface area contributed by atoms with Gasteiger partial charge in [0, 0.05) is 25.8 Å². The average molecular weight is 284 g/mol. The summed E-state index contributed by atoms with van der Waals surface area (Å²) < 4.78 is 5.38. The van der Waals surface area contributed by atoms with Crippen LogP contribution in [0.25, 0.3) is 0 Å². The topological polar surface area (TPSA) is 33.3 Å². The number of rotatable bonds is 5. The Bertz CT molecular complexity index is 261. The third-order valence-electron chi connectivity index (χ3n) is 4.36. The van der Waals surface area contributed by atoms with Gasteiger partial charge < -0.3 is 15.4 Å². The molecule has 4 heteroatoms. The molecular weight excluding hydrogens is 256 g/mol. The molecule has 0 aromatic heterocycles. The highest BCUT2D eigenvalue weighted by Gasteiger charge is 2.14. The van der Waals surface area contributed by atoms with E-state index in [-0.39, 0.29) is 0 Å². The maximum absolute atomic E-state index is 5.38. The number of hydrogen-bond donors (Lipinski definition) is 2. The Hall–Kier alpha value is -0.350. The second-order valence-corrected chi connectivity index (χ2v) is 6.34. The smallest absolute Gasteiger partial charge is 0.166 e. The van der Waals surface area contributed by atoms with Crippen LogP contribution in [0.5, 0.6) is 0 Å². The Morgan fingerprint density at radius 1 is 1.05 bits per heavy atom. The lowest BCUT2D eigenvalue weighted by atomic mass is 9.95. The van der Waals surface area contributed by atoms with E-state index in [1.54, 1.807) is 0 Å². The van der Waals surface area contributed by atoms with Gasteiger partial charge in [0.15, 0.2) is 5.11 Å². The Balaban J connectivity index is 1.48. The van der Waals surface area contributed by atoms with Gasteiger partial charge in [-0.25, -0.2) is 0 Å². The predicted molar refractivity (Wildman–Crippen MR) is 83.4 cm³/mol. The van der Waals surface area contributed by atoms with Crippen LogP contribution in [0.3, 0.4) is 0 Å². The molecule has 1 aliphatic heterocycles. The van der Waals surface area contributed by atoms with Crippen molar-refractivity contribution in [2.75, 3.05) is 19.8 Å². The van der Waals surface area contributed by atoms with Crippen molar-refractivity contribution in [3.05, 3.63) is 0 Å². The van der Waals surface area contributed by atoms with Crippen molar-refractivity contribution in [1.29, 1.82) is 0 Å². The molecule has 0 aromatic carbocycles. The number of thiocarbonyl (C=S) groups is 1. The van der Waals surface area contributed by atoms with Gasteiger partial charge in [-0.15, -0.1) is 0 Å². The highest BCUT2D eigenvalue weighted by atomic mass is 32.1. The molecule has 1 aliphatic carbocycles. The minimum absolute atomic E-state index is 0.615. The molecule has 0 unspecified atom stereocenters. The van der Waals surface area contributed by atoms with E-state index < -0.39 is 0 Å². The lowest BCUT2D eigenvalue weighted by Crippen LogP contribution is -2.43. The van der Waals surface area contributed by atoms with Gasteiger partial charge in [-0.1, -0.05) is 19.3 Å². The zero-order valence-electron chi connectivity index (χ0n) is 12.0. The SMILES string of the molecule is S=C(NCCCC1CCOCC1)NC1CCCCC1. The van der Waals surface area contributed by atoms with Crippen molar-refractivity contribution in [2.24, 2.45) is 5.92 Å². The van der Waals surface area contributed by atoms with Gasteiger partial charge >= 0.3 is 0 Å². The van der Waals surface area contributed by atoms with Gasteiger partial charge in [-0.2, -0.15) is 0 Å². The van der Waals surface area contributed by atoms with Crippen molar-refractivity contribution < 1.29 is 4.74 Å². The summed E-state index contributed by atoms with van der Waals surface area (Å²) in [6.45, 7) is 2.93. The van der Waals surface area contributed by atoms with Crippen LogP contribution in [0.2, 0.25) is 0 Å². The molecule has 2 aliphatic rings. The monoisotopic (exact) mass is 284 g/mol. The number of ether oxygens (including phenoxy) is 1. The molecule has 0 radical (unpaired) electrons. The predicted octanol–water partition coefficient (Wildman–Crippen LogP) is 2.99. The summed E-state index contributed by atoms with van der Waals surface area (Å²) >= 11 is 5.36. The summed E-state index contributed by atoms with van der Waals surface area (Å²) in [7, 11) is 0. The molecule has 2 rings (SSSR count).